The number of amides is 6. The van der Waals surface area contributed by atoms with Crippen LogP contribution in [0.15, 0.2) is 169 Å². The van der Waals surface area contributed by atoms with Crippen LogP contribution in [0.25, 0.3) is 10.8 Å². The van der Waals surface area contributed by atoms with E-state index in [1.807, 2.05) is 141 Å². The van der Waals surface area contributed by atoms with Crippen LogP contribution >= 0.6 is 0 Å². The van der Waals surface area contributed by atoms with Gasteiger partial charge in [-0.2, -0.15) is 0 Å². The van der Waals surface area contributed by atoms with Crippen LogP contribution < -0.4 is 10.2 Å². The normalized spacial score (nSPS) is 13.3. The van der Waals surface area contributed by atoms with Crippen molar-refractivity contribution >= 4 is 63.5 Å². The number of ketones is 2. The van der Waals surface area contributed by atoms with Crippen molar-refractivity contribution in [1.29, 1.82) is 0 Å². The lowest BCUT2D eigenvalue weighted by Gasteiger charge is -2.32. The van der Waals surface area contributed by atoms with E-state index in [0.717, 1.165) is 27.7 Å². The van der Waals surface area contributed by atoms with Crippen LogP contribution in [0.2, 0.25) is 0 Å². The van der Waals surface area contributed by atoms with Gasteiger partial charge in [-0.3, -0.25) is 38.4 Å². The number of likely N-dealkylation sites (N-methyl/N-ethyl adjacent to an activating group) is 2. The fourth-order valence-corrected chi connectivity index (χ4v) is 10.4. The molecule has 2 aromatic heterocycles. The summed E-state index contributed by atoms with van der Waals surface area (Å²) >= 11 is 0. The van der Waals surface area contributed by atoms with Crippen LogP contribution in [0.1, 0.15) is 46.2 Å². The SMILES string of the molecule is C=C1C=C(N(C)C)/C=C\C/C=C(C(=O)Cn2cc(CN(CC(=O)N(CCOC)CC(=O)N(CCOC)CC(=O)N(CC(=O)N(CC)Cc3cn(CC(=O)c4ccc5cc(N(C)C)ccc5c4)nn3)Cc3ccccc3)C(=O)CN(Cc3ccccc3)C(=O)CNCCOC)nn2)\C=C/1. The average molecular weight is 1340 g/mol. The molecule has 7 rings (SSSR count). The molecule has 0 fully saturated rings. The molecule has 1 aliphatic carbocycles. The molecule has 98 heavy (non-hydrogen) atoms. The summed E-state index contributed by atoms with van der Waals surface area (Å²) in [5.41, 5.74) is 5.70. The summed E-state index contributed by atoms with van der Waals surface area (Å²) in [5.74, 6) is -3.82. The molecule has 0 saturated carbocycles. The second-order valence-electron chi connectivity index (χ2n) is 23.9. The number of allylic oxidation sites excluding steroid dienone is 8. The molecule has 0 unspecified atom stereocenters. The second-order valence-corrected chi connectivity index (χ2v) is 23.9. The smallest absolute Gasteiger partial charge is 0.243 e. The first-order valence-electron chi connectivity index (χ1n) is 32.3. The summed E-state index contributed by atoms with van der Waals surface area (Å²) in [6.07, 6.45) is 14.7. The van der Waals surface area contributed by atoms with Crippen molar-refractivity contribution in [1.82, 2.24) is 69.6 Å². The van der Waals surface area contributed by atoms with Gasteiger partial charge in [-0.15, -0.1) is 10.2 Å². The van der Waals surface area contributed by atoms with Gasteiger partial charge in [-0.1, -0.05) is 120 Å². The highest BCUT2D eigenvalue weighted by molar-refractivity contribution is 6.00. The van der Waals surface area contributed by atoms with Gasteiger partial charge in [0.2, 0.25) is 35.4 Å². The molecule has 1 N–H and O–H groups in total. The van der Waals surface area contributed by atoms with E-state index in [4.69, 9.17) is 14.2 Å². The Balaban J connectivity index is 1.08. The topological polar surface area (TPSA) is 264 Å². The zero-order chi connectivity index (χ0) is 70.5. The molecule has 0 atom stereocenters. The lowest BCUT2D eigenvalue weighted by atomic mass is 10.0. The Morgan fingerprint density at radius 1 is 0.531 bits per heavy atom. The van der Waals surface area contributed by atoms with Gasteiger partial charge < -0.3 is 58.7 Å². The molecule has 0 saturated heterocycles. The summed E-state index contributed by atoms with van der Waals surface area (Å²) < 4.78 is 18.8. The van der Waals surface area contributed by atoms with E-state index >= 15 is 0 Å². The van der Waals surface area contributed by atoms with Crippen LogP contribution in [0, 0.1) is 0 Å². The molecule has 0 spiro atoms. The maximum atomic E-state index is 14.9. The maximum Gasteiger partial charge on any atom is 0.243 e. The van der Waals surface area contributed by atoms with Crippen LogP contribution in [-0.2, 0) is 87.0 Å². The molecular formula is C72H91N15O11. The largest absolute Gasteiger partial charge is 0.383 e. The quantitative estimate of drug-likeness (QED) is 0.0410. The van der Waals surface area contributed by atoms with Crippen LogP contribution in [-0.4, -0.2) is 246 Å². The predicted molar refractivity (Wildman–Crippen MR) is 371 cm³/mol. The molecule has 0 bridgehead atoms. The van der Waals surface area contributed by atoms with Crippen molar-refractivity contribution in [3.63, 3.8) is 0 Å². The van der Waals surface area contributed by atoms with Gasteiger partial charge >= 0.3 is 0 Å². The van der Waals surface area contributed by atoms with Gasteiger partial charge in [0, 0.05) is 111 Å². The molecule has 6 aromatic rings. The van der Waals surface area contributed by atoms with Crippen LogP contribution in [0.4, 0.5) is 5.69 Å². The molecule has 520 valence electrons. The van der Waals surface area contributed by atoms with E-state index in [2.05, 4.69) is 38.6 Å². The number of carbonyl (C=O) groups excluding carboxylic acids is 8. The van der Waals surface area contributed by atoms with Crippen molar-refractivity contribution in [3.8, 4) is 0 Å². The Labute approximate surface area is 573 Å². The van der Waals surface area contributed by atoms with Gasteiger partial charge in [-0.25, -0.2) is 9.36 Å². The highest BCUT2D eigenvalue weighted by Crippen LogP contribution is 2.23. The summed E-state index contributed by atoms with van der Waals surface area (Å²) in [6.45, 7) is 3.44. The fourth-order valence-electron chi connectivity index (χ4n) is 10.4. The average Bonchev–Trinajstić information content (AvgIpc) is 0.939. The number of hydrogen-bond acceptors (Lipinski definition) is 18. The monoisotopic (exact) mass is 1340 g/mol. The first-order chi connectivity index (χ1) is 47.2. The maximum absolute atomic E-state index is 14.9. The molecule has 6 amide bonds. The Hall–Kier alpha value is -10.3. The number of fused-ring (bicyclic) bond motifs is 1. The summed E-state index contributed by atoms with van der Waals surface area (Å²) in [5, 5.41) is 22.0. The highest BCUT2D eigenvalue weighted by atomic mass is 16.5. The van der Waals surface area contributed by atoms with Gasteiger partial charge in [0.1, 0.15) is 44.1 Å². The number of benzene rings is 4. The third-order valence-corrected chi connectivity index (χ3v) is 16.0. The number of methoxy groups -OCH3 is 3. The van der Waals surface area contributed by atoms with Crippen molar-refractivity contribution in [2.24, 2.45) is 0 Å². The lowest BCUT2D eigenvalue weighted by molar-refractivity contribution is -0.149. The zero-order valence-corrected chi connectivity index (χ0v) is 57.5. The fraction of sp³-hybridized carbons (Fsp3) is 0.389. The number of hydrogen-bond donors (Lipinski definition) is 1. The van der Waals surface area contributed by atoms with E-state index in [1.165, 1.54) is 59.2 Å². The van der Waals surface area contributed by atoms with Crippen molar-refractivity contribution in [2.45, 2.75) is 52.6 Å². The second kappa shape index (κ2) is 38.5. The number of nitrogens with one attached hydrogen (secondary N) is 1. The molecule has 1 aliphatic rings. The number of anilines is 1. The minimum absolute atomic E-state index is 0.00406. The van der Waals surface area contributed by atoms with Crippen molar-refractivity contribution in [3.05, 3.63) is 197 Å². The Bertz CT molecular complexity index is 3820. The van der Waals surface area contributed by atoms with Crippen LogP contribution in [0.5, 0.6) is 0 Å². The molecule has 2 heterocycles. The predicted octanol–water partition coefficient (Wildman–Crippen LogP) is 4.61. The van der Waals surface area contributed by atoms with Gasteiger partial charge in [-0.05, 0) is 71.2 Å². The summed E-state index contributed by atoms with van der Waals surface area (Å²) in [6, 6.07) is 29.8. The van der Waals surface area contributed by atoms with Gasteiger partial charge in [0.15, 0.2) is 11.6 Å². The van der Waals surface area contributed by atoms with Crippen molar-refractivity contribution in [2.75, 3.05) is 140 Å². The number of aromatic nitrogens is 6. The summed E-state index contributed by atoms with van der Waals surface area (Å²) in [7, 11) is 12.2. The minimum atomic E-state index is -0.684. The van der Waals surface area contributed by atoms with E-state index in [0.29, 0.717) is 47.5 Å². The molecular weight excluding hydrogens is 1250 g/mol. The first kappa shape index (κ1) is 75.1. The van der Waals surface area contributed by atoms with E-state index in [9.17, 15) is 38.4 Å². The minimum Gasteiger partial charge on any atom is -0.383 e. The molecule has 0 radical (unpaired) electrons. The summed E-state index contributed by atoms with van der Waals surface area (Å²) in [4.78, 5) is 127. The number of Topliss-reactive ketones (excluding diaryl/α,β-unsaturated/α-hetero) is 2. The standard InChI is InChI=1S/C72H91N15O11/c1-10-80(43-61-45-87(76-74-61)48-66(89)60-28-27-59-39-64(79(5)6)30-29-58(59)38-60)68(91)51-84(42-56-21-15-12-16-22-56)71(94)50-82(33-36-98-9)69(92)49-81(32-35-97-8)70(93)52-85(72(95)53-83(41-55-19-13-11-14-20-55)67(90)40-73-31-34-96-7)44-62-46-86(77-75-62)47-65(88)57-23-17-18-24-63(78(3)4)37-54(2)25-26-57/h11-16,18-30,37-39,45-46,73H,2,10,17,31-36,40-44,47-53H2,1,3-9H3/b24-18-,26-25-,57-23+,63-37?. The Kier molecular flexibility index (Phi) is 29.5. The highest BCUT2D eigenvalue weighted by Gasteiger charge is 2.31. The number of nitrogens with zero attached hydrogens (tertiary/aromatic N) is 14. The van der Waals surface area contributed by atoms with Gasteiger partial charge in [0.25, 0.3) is 0 Å². The van der Waals surface area contributed by atoms with Gasteiger partial charge in [0.05, 0.1) is 64.9 Å². The molecule has 26 heteroatoms. The number of rotatable bonds is 38. The Morgan fingerprint density at radius 2 is 1.02 bits per heavy atom. The third-order valence-electron chi connectivity index (χ3n) is 16.0. The van der Waals surface area contributed by atoms with Crippen molar-refractivity contribution < 1.29 is 52.6 Å². The Morgan fingerprint density at radius 3 is 1.56 bits per heavy atom. The lowest BCUT2D eigenvalue weighted by Crippen LogP contribution is -2.52. The van der Waals surface area contributed by atoms with Crippen LogP contribution in [0.3, 0.4) is 0 Å². The van der Waals surface area contributed by atoms with E-state index in [-0.39, 0.29) is 102 Å². The van der Waals surface area contributed by atoms with E-state index in [1.54, 1.807) is 44.5 Å². The van der Waals surface area contributed by atoms with E-state index < -0.39 is 61.6 Å². The first-order valence-corrected chi connectivity index (χ1v) is 32.3. The molecule has 26 nitrogen and oxygen atoms in total. The number of carbonyl (C=O) groups is 8. The zero-order valence-electron chi connectivity index (χ0n) is 57.5. The number of ether oxygens (including phenoxy) is 3. The molecule has 0 aliphatic heterocycles. The molecule has 4 aromatic carbocycles. The third kappa shape index (κ3) is 23.5.